The van der Waals surface area contributed by atoms with Crippen LogP contribution in [0.15, 0.2) is 48.5 Å². The lowest BCUT2D eigenvalue weighted by Gasteiger charge is -2.21. The molecule has 2 aromatic carbocycles. The summed E-state index contributed by atoms with van der Waals surface area (Å²) in [7, 11) is 0. The molecule has 0 aliphatic carbocycles. The van der Waals surface area contributed by atoms with Gasteiger partial charge in [0.15, 0.2) is 0 Å². The molecule has 0 bridgehead atoms. The van der Waals surface area contributed by atoms with E-state index < -0.39 is 0 Å². The summed E-state index contributed by atoms with van der Waals surface area (Å²) in [6.45, 7) is 10.3. The Labute approximate surface area is 174 Å². The minimum absolute atomic E-state index is 0.0269. The van der Waals surface area contributed by atoms with Crippen molar-refractivity contribution < 1.29 is 14.3 Å². The highest BCUT2D eigenvalue weighted by Crippen LogP contribution is 2.21. The lowest BCUT2D eigenvalue weighted by atomic mass is 10.1. The Morgan fingerprint density at radius 3 is 2.17 bits per heavy atom. The summed E-state index contributed by atoms with van der Waals surface area (Å²) in [6.07, 6.45) is 1.86. The van der Waals surface area contributed by atoms with Crippen molar-refractivity contribution >= 4 is 17.5 Å². The smallest absolute Gasteiger partial charge is 0.259 e. The Balaban J connectivity index is 2.08. The standard InChI is InChI=1S/C24H32N2O3/c1-5-15-26(16-6-2)24(28)19-11-13-20(14-12-19)25-23(27)21-9-7-8-10-22(21)29-17-18(3)4/h7-14,18H,5-6,15-17H2,1-4H3,(H,25,27). The first kappa shape index (κ1) is 22.5. The van der Waals surface area contributed by atoms with Gasteiger partial charge in [0.25, 0.3) is 11.8 Å². The minimum atomic E-state index is -0.234. The fourth-order valence-corrected chi connectivity index (χ4v) is 2.97. The highest BCUT2D eigenvalue weighted by molar-refractivity contribution is 6.06. The molecule has 0 aromatic heterocycles. The maximum Gasteiger partial charge on any atom is 0.259 e. The number of carbonyl (C=O) groups excluding carboxylic acids is 2. The lowest BCUT2D eigenvalue weighted by molar-refractivity contribution is 0.0755. The van der Waals surface area contributed by atoms with Gasteiger partial charge < -0.3 is 15.0 Å². The molecule has 0 atom stereocenters. The van der Waals surface area contributed by atoms with E-state index in [0.29, 0.717) is 35.1 Å². The first-order valence-electron chi connectivity index (χ1n) is 10.4. The molecule has 156 valence electrons. The van der Waals surface area contributed by atoms with E-state index in [4.69, 9.17) is 4.74 Å². The van der Waals surface area contributed by atoms with Crippen molar-refractivity contribution in [3.05, 3.63) is 59.7 Å². The fraction of sp³-hybridized carbons (Fsp3) is 0.417. The number of anilines is 1. The summed E-state index contributed by atoms with van der Waals surface area (Å²) in [5, 5.41) is 2.89. The molecule has 2 aromatic rings. The number of hydrogen-bond donors (Lipinski definition) is 1. The highest BCUT2D eigenvalue weighted by atomic mass is 16.5. The number of carbonyl (C=O) groups is 2. The maximum absolute atomic E-state index is 12.7. The number of amides is 2. The van der Waals surface area contributed by atoms with E-state index in [1.807, 2.05) is 17.0 Å². The SMILES string of the molecule is CCCN(CCC)C(=O)c1ccc(NC(=O)c2ccccc2OCC(C)C)cc1. The third-order valence-corrected chi connectivity index (χ3v) is 4.37. The van der Waals surface area contributed by atoms with Crippen molar-refractivity contribution in [2.75, 3.05) is 25.0 Å². The normalized spacial score (nSPS) is 10.7. The van der Waals surface area contributed by atoms with E-state index in [-0.39, 0.29) is 11.8 Å². The van der Waals surface area contributed by atoms with Crippen molar-refractivity contribution in [2.24, 2.45) is 5.92 Å². The van der Waals surface area contributed by atoms with Gasteiger partial charge in [-0.25, -0.2) is 0 Å². The summed E-state index contributed by atoms with van der Waals surface area (Å²) in [5.74, 6) is 0.734. The molecule has 5 heteroatoms. The van der Waals surface area contributed by atoms with Gasteiger partial charge >= 0.3 is 0 Å². The second kappa shape index (κ2) is 11.2. The monoisotopic (exact) mass is 396 g/mol. The Hall–Kier alpha value is -2.82. The predicted octanol–water partition coefficient (Wildman–Crippen LogP) is 5.24. The third-order valence-electron chi connectivity index (χ3n) is 4.37. The first-order chi connectivity index (χ1) is 14.0. The zero-order chi connectivity index (χ0) is 21.2. The van der Waals surface area contributed by atoms with Gasteiger partial charge in [0.05, 0.1) is 12.2 Å². The molecule has 0 spiro atoms. The van der Waals surface area contributed by atoms with Crippen molar-refractivity contribution in [2.45, 2.75) is 40.5 Å². The van der Waals surface area contributed by atoms with Gasteiger partial charge in [0.1, 0.15) is 5.75 Å². The van der Waals surface area contributed by atoms with Crippen LogP contribution in [0.5, 0.6) is 5.75 Å². The highest BCUT2D eigenvalue weighted by Gasteiger charge is 2.16. The second-order valence-corrected chi connectivity index (χ2v) is 7.52. The summed E-state index contributed by atoms with van der Waals surface area (Å²) >= 11 is 0. The van der Waals surface area contributed by atoms with Gasteiger partial charge in [0, 0.05) is 24.3 Å². The van der Waals surface area contributed by atoms with Crippen LogP contribution >= 0.6 is 0 Å². The minimum Gasteiger partial charge on any atom is -0.492 e. The molecule has 0 fully saturated rings. The summed E-state index contributed by atoms with van der Waals surface area (Å²) in [5.41, 5.74) is 1.76. The lowest BCUT2D eigenvalue weighted by Crippen LogP contribution is -2.32. The molecule has 0 unspecified atom stereocenters. The molecule has 2 amide bonds. The molecule has 0 saturated carbocycles. The quantitative estimate of drug-likeness (QED) is 0.598. The van der Waals surface area contributed by atoms with Gasteiger partial charge in [0.2, 0.25) is 0 Å². The molecule has 29 heavy (non-hydrogen) atoms. The molecular formula is C24H32N2O3. The number of rotatable bonds is 10. The fourth-order valence-electron chi connectivity index (χ4n) is 2.97. The second-order valence-electron chi connectivity index (χ2n) is 7.52. The van der Waals surface area contributed by atoms with Gasteiger partial charge in [-0.1, -0.05) is 39.8 Å². The molecule has 0 aliphatic rings. The van der Waals surface area contributed by atoms with Crippen LogP contribution in [0.4, 0.5) is 5.69 Å². The molecular weight excluding hydrogens is 364 g/mol. The molecule has 5 nitrogen and oxygen atoms in total. The Bertz CT molecular complexity index is 794. The van der Waals surface area contributed by atoms with Crippen LogP contribution in [0.1, 0.15) is 61.3 Å². The summed E-state index contributed by atoms with van der Waals surface area (Å²) in [4.78, 5) is 27.3. The number of hydrogen-bond acceptors (Lipinski definition) is 3. The average molecular weight is 397 g/mol. The Morgan fingerprint density at radius 1 is 0.966 bits per heavy atom. The van der Waals surface area contributed by atoms with Crippen molar-refractivity contribution in [3.8, 4) is 5.75 Å². The van der Waals surface area contributed by atoms with E-state index >= 15 is 0 Å². The van der Waals surface area contributed by atoms with Crippen LogP contribution < -0.4 is 10.1 Å². The average Bonchev–Trinajstić information content (AvgIpc) is 2.72. The van der Waals surface area contributed by atoms with E-state index in [0.717, 1.165) is 25.9 Å². The Kier molecular flexibility index (Phi) is 8.71. The summed E-state index contributed by atoms with van der Waals surface area (Å²) < 4.78 is 5.77. The summed E-state index contributed by atoms with van der Waals surface area (Å²) in [6, 6.07) is 14.3. The van der Waals surface area contributed by atoms with E-state index in [9.17, 15) is 9.59 Å². The predicted molar refractivity (Wildman–Crippen MR) is 118 cm³/mol. The molecule has 1 N–H and O–H groups in total. The van der Waals surface area contributed by atoms with Crippen LogP contribution in [0.3, 0.4) is 0 Å². The number of ether oxygens (including phenoxy) is 1. The van der Waals surface area contributed by atoms with Crippen molar-refractivity contribution in [3.63, 3.8) is 0 Å². The number of benzene rings is 2. The van der Waals surface area contributed by atoms with E-state index in [1.54, 1.807) is 36.4 Å². The van der Waals surface area contributed by atoms with Crippen molar-refractivity contribution in [1.82, 2.24) is 4.90 Å². The third kappa shape index (κ3) is 6.63. The maximum atomic E-state index is 12.7. The topological polar surface area (TPSA) is 58.6 Å². The number of nitrogens with zero attached hydrogens (tertiary/aromatic N) is 1. The zero-order valence-corrected chi connectivity index (χ0v) is 17.9. The zero-order valence-electron chi connectivity index (χ0n) is 17.9. The molecule has 2 rings (SSSR count). The molecule has 0 aliphatic heterocycles. The van der Waals surface area contributed by atoms with E-state index in [1.165, 1.54) is 0 Å². The molecule has 0 saturated heterocycles. The largest absolute Gasteiger partial charge is 0.492 e. The van der Waals surface area contributed by atoms with Crippen LogP contribution in [0.2, 0.25) is 0 Å². The molecule has 0 radical (unpaired) electrons. The van der Waals surface area contributed by atoms with Gasteiger partial charge in [-0.15, -0.1) is 0 Å². The van der Waals surface area contributed by atoms with Crippen LogP contribution in [-0.4, -0.2) is 36.4 Å². The van der Waals surface area contributed by atoms with Crippen molar-refractivity contribution in [1.29, 1.82) is 0 Å². The van der Waals surface area contributed by atoms with Crippen LogP contribution in [-0.2, 0) is 0 Å². The van der Waals surface area contributed by atoms with Gasteiger partial charge in [-0.2, -0.15) is 0 Å². The van der Waals surface area contributed by atoms with Crippen LogP contribution in [0.25, 0.3) is 0 Å². The van der Waals surface area contributed by atoms with Crippen LogP contribution in [0, 0.1) is 5.92 Å². The number of nitrogens with one attached hydrogen (secondary N) is 1. The van der Waals surface area contributed by atoms with Gasteiger partial charge in [-0.3, -0.25) is 9.59 Å². The number of para-hydroxylation sites is 1. The Morgan fingerprint density at radius 2 is 1.59 bits per heavy atom. The molecule has 0 heterocycles. The van der Waals surface area contributed by atoms with E-state index in [2.05, 4.69) is 33.0 Å². The first-order valence-corrected chi connectivity index (χ1v) is 10.4. The van der Waals surface area contributed by atoms with Gasteiger partial charge in [-0.05, 0) is 55.2 Å².